The van der Waals surface area contributed by atoms with Gasteiger partial charge in [0.2, 0.25) is 0 Å². The van der Waals surface area contributed by atoms with Crippen LogP contribution in [0.2, 0.25) is 5.02 Å². The molecule has 1 unspecified atom stereocenters. The Hall–Kier alpha value is -1.57. The van der Waals surface area contributed by atoms with Crippen LogP contribution in [0, 0.1) is 12.8 Å². The molecule has 0 bridgehead atoms. The summed E-state index contributed by atoms with van der Waals surface area (Å²) in [6.07, 6.45) is 1.32. The van der Waals surface area contributed by atoms with Crippen molar-refractivity contribution in [2.45, 2.75) is 26.2 Å². The van der Waals surface area contributed by atoms with Gasteiger partial charge in [0.25, 0.3) is 0 Å². The van der Waals surface area contributed by atoms with Crippen molar-refractivity contribution in [3.8, 4) is 0 Å². The van der Waals surface area contributed by atoms with Gasteiger partial charge in [0.05, 0.1) is 0 Å². The lowest BCUT2D eigenvalue weighted by Gasteiger charge is -2.13. The van der Waals surface area contributed by atoms with E-state index < -0.39 is 0 Å². The van der Waals surface area contributed by atoms with Crippen molar-refractivity contribution in [2.24, 2.45) is 5.92 Å². The summed E-state index contributed by atoms with van der Waals surface area (Å²) in [5.74, 6) is 1.56. The summed E-state index contributed by atoms with van der Waals surface area (Å²) >= 11 is 9.99. The molecule has 0 aliphatic heterocycles. The van der Waals surface area contributed by atoms with Crippen molar-refractivity contribution < 1.29 is 0 Å². The van der Waals surface area contributed by atoms with Gasteiger partial charge in [-0.25, -0.2) is 0 Å². The minimum absolute atomic E-state index is 0.739. The van der Waals surface area contributed by atoms with Gasteiger partial charge in [0.15, 0.2) is 0 Å². The van der Waals surface area contributed by atoms with Crippen molar-refractivity contribution in [3.05, 3.63) is 69.2 Å². The molecule has 0 radical (unpaired) electrons. The van der Waals surface area contributed by atoms with Gasteiger partial charge in [-0.2, -0.15) is 0 Å². The largest absolute Gasteiger partial charge is 0.0843 e. The third kappa shape index (κ3) is 2.40. The molecule has 1 fully saturated rings. The molecule has 1 saturated carbocycles. The van der Waals surface area contributed by atoms with Gasteiger partial charge in [-0.3, -0.25) is 0 Å². The van der Waals surface area contributed by atoms with E-state index in [0.717, 1.165) is 21.3 Å². The van der Waals surface area contributed by atoms with Gasteiger partial charge in [-0.1, -0.05) is 64.8 Å². The maximum atomic E-state index is 6.22. The monoisotopic (exact) mass is 408 g/mol. The first-order valence-electron chi connectivity index (χ1n) is 8.77. The summed E-state index contributed by atoms with van der Waals surface area (Å²) in [5.41, 5.74) is 2.82. The summed E-state index contributed by atoms with van der Waals surface area (Å²) < 4.78 is 1.10. The van der Waals surface area contributed by atoms with Crippen LogP contribution in [0.15, 0.2) is 53.0 Å². The molecule has 0 spiro atoms. The van der Waals surface area contributed by atoms with Gasteiger partial charge < -0.3 is 0 Å². The van der Waals surface area contributed by atoms with Crippen molar-refractivity contribution >= 4 is 59.8 Å². The first kappa shape index (κ1) is 15.7. The predicted molar refractivity (Wildman–Crippen MR) is 113 cm³/mol. The van der Waals surface area contributed by atoms with Gasteiger partial charge in [0.1, 0.15) is 0 Å². The normalized spacial score (nSPS) is 19.8. The first-order valence-corrected chi connectivity index (χ1v) is 9.95. The van der Waals surface area contributed by atoms with Crippen LogP contribution in [0.1, 0.15) is 30.4 Å². The first-order chi connectivity index (χ1) is 12.0. The third-order valence-corrected chi connectivity index (χ3v) is 6.64. The second-order valence-corrected chi connectivity index (χ2v) is 8.75. The fourth-order valence-corrected chi connectivity index (χ4v) is 4.92. The number of benzene rings is 4. The molecule has 124 valence electrons. The number of fused-ring (bicyclic) bond motifs is 5. The lowest BCUT2D eigenvalue weighted by atomic mass is 9.92. The molecular weight excluding hydrogens is 392 g/mol. The van der Waals surface area contributed by atoms with Crippen molar-refractivity contribution in [2.75, 3.05) is 0 Å². The van der Waals surface area contributed by atoms with E-state index >= 15 is 0 Å². The van der Waals surface area contributed by atoms with E-state index in [2.05, 4.69) is 66.2 Å². The Bertz CT molecular complexity index is 1180. The van der Waals surface area contributed by atoms with E-state index in [1.807, 2.05) is 12.1 Å². The summed E-state index contributed by atoms with van der Waals surface area (Å²) in [7, 11) is 0. The fourth-order valence-electron chi connectivity index (χ4n) is 4.19. The molecule has 0 heterocycles. The number of aryl methyl sites for hydroxylation is 1. The van der Waals surface area contributed by atoms with Crippen molar-refractivity contribution in [3.63, 3.8) is 0 Å². The summed E-state index contributed by atoms with van der Waals surface area (Å²) in [4.78, 5) is 0. The number of halogens is 2. The standard InChI is InChI=1S/C23H18BrCl/c1-12-8-19-17-6-4-15(25)10-22(17)23(24)11-21(19)20-9-14(3-5-16(12)20)18-7-13(18)2/h3-6,8-11,13,18H,7H2,1-2H3/t13?,18-/m0/s1. The summed E-state index contributed by atoms with van der Waals surface area (Å²) in [5, 5.41) is 8.54. The van der Waals surface area contributed by atoms with E-state index in [1.54, 1.807) is 0 Å². The molecule has 2 heteroatoms. The molecule has 0 N–H and O–H groups in total. The van der Waals surface area contributed by atoms with Gasteiger partial charge >= 0.3 is 0 Å². The highest BCUT2D eigenvalue weighted by molar-refractivity contribution is 9.10. The van der Waals surface area contributed by atoms with E-state index in [1.165, 1.54) is 49.9 Å². The van der Waals surface area contributed by atoms with Gasteiger partial charge in [-0.15, -0.1) is 0 Å². The van der Waals surface area contributed by atoms with Gasteiger partial charge in [0, 0.05) is 9.50 Å². The summed E-state index contributed by atoms with van der Waals surface area (Å²) in [6, 6.07) is 17.8. The van der Waals surface area contributed by atoms with E-state index in [-0.39, 0.29) is 0 Å². The molecule has 2 atom stereocenters. The zero-order valence-electron chi connectivity index (χ0n) is 14.2. The molecular formula is C23H18BrCl. The molecule has 4 aromatic rings. The zero-order valence-corrected chi connectivity index (χ0v) is 16.6. The Kier molecular flexibility index (Phi) is 3.42. The van der Waals surface area contributed by atoms with E-state index in [0.29, 0.717) is 0 Å². The number of hydrogen-bond acceptors (Lipinski definition) is 0. The number of hydrogen-bond donors (Lipinski definition) is 0. The molecule has 0 amide bonds. The molecule has 1 aliphatic rings. The van der Waals surface area contributed by atoms with Crippen molar-refractivity contribution in [1.82, 2.24) is 0 Å². The van der Waals surface area contributed by atoms with Crippen LogP contribution in [0.4, 0.5) is 0 Å². The average molecular weight is 410 g/mol. The third-order valence-electron chi connectivity index (χ3n) is 5.75. The van der Waals surface area contributed by atoms with Crippen LogP contribution in [0.25, 0.3) is 32.3 Å². The lowest BCUT2D eigenvalue weighted by Crippen LogP contribution is -1.88. The Morgan fingerprint density at radius 3 is 2.28 bits per heavy atom. The van der Waals surface area contributed by atoms with Crippen LogP contribution >= 0.6 is 27.5 Å². The van der Waals surface area contributed by atoms with Crippen LogP contribution in [0.5, 0.6) is 0 Å². The Labute approximate surface area is 160 Å². The second kappa shape index (κ2) is 5.46. The van der Waals surface area contributed by atoms with Crippen LogP contribution in [0.3, 0.4) is 0 Å². The maximum absolute atomic E-state index is 6.22. The smallest absolute Gasteiger partial charge is 0.0412 e. The molecule has 25 heavy (non-hydrogen) atoms. The van der Waals surface area contributed by atoms with E-state index in [4.69, 9.17) is 11.6 Å². The number of rotatable bonds is 1. The quantitative estimate of drug-likeness (QED) is 0.279. The van der Waals surface area contributed by atoms with Gasteiger partial charge in [-0.05, 0) is 86.8 Å². The van der Waals surface area contributed by atoms with Crippen LogP contribution in [-0.4, -0.2) is 0 Å². The minimum Gasteiger partial charge on any atom is -0.0843 e. The van der Waals surface area contributed by atoms with Crippen LogP contribution in [-0.2, 0) is 0 Å². The maximum Gasteiger partial charge on any atom is 0.0412 e. The molecule has 0 saturated heterocycles. The SMILES string of the molecule is Cc1cc2c3ccc(Cl)cc3c(Br)cc2c2cc([C@H]3CC3C)ccc12. The predicted octanol–water partition coefficient (Wildman–Crippen LogP) is 7.99. The van der Waals surface area contributed by atoms with E-state index in [9.17, 15) is 0 Å². The molecule has 1 aliphatic carbocycles. The molecule has 0 aromatic heterocycles. The van der Waals surface area contributed by atoms with Crippen LogP contribution < -0.4 is 0 Å². The molecule has 0 nitrogen and oxygen atoms in total. The molecule has 5 rings (SSSR count). The highest BCUT2D eigenvalue weighted by Crippen LogP contribution is 2.48. The topological polar surface area (TPSA) is 0 Å². The second-order valence-electron chi connectivity index (χ2n) is 7.46. The fraction of sp³-hybridized carbons (Fsp3) is 0.217. The lowest BCUT2D eigenvalue weighted by molar-refractivity contribution is 0.916. The van der Waals surface area contributed by atoms with Crippen molar-refractivity contribution in [1.29, 1.82) is 0 Å². The highest BCUT2D eigenvalue weighted by atomic mass is 79.9. The Morgan fingerprint density at radius 2 is 1.52 bits per heavy atom. The Morgan fingerprint density at radius 1 is 0.840 bits per heavy atom. The molecule has 4 aromatic carbocycles. The summed E-state index contributed by atoms with van der Waals surface area (Å²) in [6.45, 7) is 4.56. The Balaban J connectivity index is 1.93. The minimum atomic E-state index is 0.739. The average Bonchev–Trinajstić information content (AvgIpc) is 3.33. The highest BCUT2D eigenvalue weighted by Gasteiger charge is 2.33. The zero-order chi connectivity index (χ0) is 17.3.